The van der Waals surface area contributed by atoms with Gasteiger partial charge in [0.2, 0.25) is 0 Å². The van der Waals surface area contributed by atoms with Gasteiger partial charge in [-0.2, -0.15) is 24.9 Å². The van der Waals surface area contributed by atoms with Gasteiger partial charge in [0.25, 0.3) is 0 Å². The Morgan fingerprint density at radius 3 is 2.63 bits per heavy atom. The van der Waals surface area contributed by atoms with E-state index >= 15 is 0 Å². The van der Waals surface area contributed by atoms with Crippen LogP contribution in [0.4, 0.5) is 13.2 Å². The van der Waals surface area contributed by atoms with E-state index in [1.54, 1.807) is 13.1 Å². The molecule has 0 aromatic heterocycles. The number of benzene rings is 1. The second kappa shape index (κ2) is 9.68. The monoisotopic (exact) mass is 403 g/mol. The van der Waals surface area contributed by atoms with Gasteiger partial charge in [-0.05, 0) is 43.2 Å². The Bertz CT molecular complexity index is 625. The zero-order valence-electron chi connectivity index (χ0n) is 16.0. The van der Waals surface area contributed by atoms with Crippen LogP contribution >= 0.6 is 11.8 Å². The van der Waals surface area contributed by atoms with E-state index in [9.17, 15) is 13.2 Å². The molecule has 1 saturated heterocycles. The summed E-state index contributed by atoms with van der Waals surface area (Å²) in [6.45, 7) is 6.21. The summed E-state index contributed by atoms with van der Waals surface area (Å²) in [5, 5.41) is 6.54. The number of hydrogen-bond donors (Lipinski definition) is 2. The third kappa shape index (κ3) is 6.31. The van der Waals surface area contributed by atoms with Gasteiger partial charge in [-0.3, -0.25) is 4.99 Å². The molecule has 1 aliphatic rings. The fraction of sp³-hybridized carbons (Fsp3) is 0.632. The summed E-state index contributed by atoms with van der Waals surface area (Å²) in [6, 6.07) is 5.08. The first-order valence-corrected chi connectivity index (χ1v) is 10.1. The van der Waals surface area contributed by atoms with Crippen molar-refractivity contribution in [1.29, 1.82) is 0 Å². The van der Waals surface area contributed by atoms with Gasteiger partial charge < -0.3 is 15.4 Å². The number of guanidine groups is 1. The molecular formula is C19H28F3N3OS. The molecule has 1 unspecified atom stereocenters. The van der Waals surface area contributed by atoms with Gasteiger partial charge in [0, 0.05) is 31.6 Å². The van der Waals surface area contributed by atoms with Gasteiger partial charge in [0.1, 0.15) is 0 Å². The van der Waals surface area contributed by atoms with Gasteiger partial charge in [0.05, 0.1) is 11.6 Å². The van der Waals surface area contributed by atoms with E-state index in [1.807, 2.05) is 18.7 Å². The summed E-state index contributed by atoms with van der Waals surface area (Å²) in [6.07, 6.45) is -2.40. The van der Waals surface area contributed by atoms with Crippen molar-refractivity contribution in [2.24, 2.45) is 4.99 Å². The highest BCUT2D eigenvalue weighted by molar-refractivity contribution is 8.00. The molecule has 152 valence electrons. The van der Waals surface area contributed by atoms with Crippen LogP contribution in [0.15, 0.2) is 29.3 Å². The number of aliphatic imine (C=N–C) groups is 1. The first-order valence-electron chi connectivity index (χ1n) is 9.16. The molecule has 0 bridgehead atoms. The van der Waals surface area contributed by atoms with Crippen LogP contribution in [0.25, 0.3) is 0 Å². The highest BCUT2D eigenvalue weighted by Gasteiger charge is 2.33. The molecule has 1 aromatic rings. The summed E-state index contributed by atoms with van der Waals surface area (Å²) < 4.78 is 44.4. The van der Waals surface area contributed by atoms with Crippen molar-refractivity contribution in [3.8, 4) is 0 Å². The maximum Gasteiger partial charge on any atom is 0.416 e. The van der Waals surface area contributed by atoms with Crippen molar-refractivity contribution in [2.45, 2.75) is 43.7 Å². The zero-order chi connectivity index (χ0) is 19.9. The average molecular weight is 404 g/mol. The van der Waals surface area contributed by atoms with Crippen LogP contribution in [0.2, 0.25) is 0 Å². The number of alkyl halides is 3. The molecule has 2 N–H and O–H groups in total. The van der Waals surface area contributed by atoms with Crippen molar-refractivity contribution in [3.05, 3.63) is 35.4 Å². The topological polar surface area (TPSA) is 45.7 Å². The number of hydrogen-bond acceptors (Lipinski definition) is 3. The normalized spacial score (nSPS) is 18.8. The van der Waals surface area contributed by atoms with Crippen molar-refractivity contribution in [3.63, 3.8) is 0 Å². The highest BCUT2D eigenvalue weighted by Crippen LogP contribution is 2.35. The van der Waals surface area contributed by atoms with Crippen LogP contribution in [-0.2, 0) is 10.9 Å². The molecule has 1 aromatic carbocycles. The second-order valence-corrected chi connectivity index (χ2v) is 8.38. The molecule has 0 spiro atoms. The standard InChI is InChI=1S/C19H28F3N3OS/c1-4-27-18(8-10-26-11-9-18)13-24-17(23-3)25-14(2)15-6-5-7-16(12-15)19(20,21)22/h5-7,12,14H,4,8-11,13H2,1-3H3,(H2,23,24,25). The SMILES string of the molecule is CCSC1(CNC(=NC)NC(C)c2cccc(C(F)(F)F)c2)CCOCC1. The Kier molecular flexibility index (Phi) is 7.85. The molecule has 8 heteroatoms. The molecule has 1 atom stereocenters. The summed E-state index contributed by atoms with van der Waals surface area (Å²) in [5.41, 5.74) is -0.0754. The predicted octanol–water partition coefficient (Wildman–Crippen LogP) is 4.23. The quantitative estimate of drug-likeness (QED) is 0.551. The first-order chi connectivity index (χ1) is 12.8. The van der Waals surface area contributed by atoms with Crippen molar-refractivity contribution in [1.82, 2.24) is 10.6 Å². The molecule has 1 fully saturated rings. The van der Waals surface area contributed by atoms with Gasteiger partial charge in [0.15, 0.2) is 5.96 Å². The Balaban J connectivity index is 2.00. The Morgan fingerprint density at radius 2 is 2.04 bits per heavy atom. The van der Waals surface area contributed by atoms with Crippen LogP contribution in [0.3, 0.4) is 0 Å². The van der Waals surface area contributed by atoms with E-state index < -0.39 is 11.7 Å². The van der Waals surface area contributed by atoms with Gasteiger partial charge in [-0.1, -0.05) is 19.1 Å². The highest BCUT2D eigenvalue weighted by atomic mass is 32.2. The number of halogens is 3. The smallest absolute Gasteiger partial charge is 0.381 e. The zero-order valence-corrected chi connectivity index (χ0v) is 16.8. The van der Waals surface area contributed by atoms with Gasteiger partial charge in [-0.25, -0.2) is 0 Å². The molecule has 0 saturated carbocycles. The minimum absolute atomic E-state index is 0.101. The third-order valence-corrected chi connectivity index (χ3v) is 6.18. The fourth-order valence-corrected chi connectivity index (χ4v) is 4.38. The summed E-state index contributed by atoms with van der Waals surface area (Å²) in [4.78, 5) is 4.23. The molecule has 1 aliphatic heterocycles. The van der Waals surface area contributed by atoms with E-state index in [1.165, 1.54) is 12.1 Å². The molecule has 0 aliphatic carbocycles. The van der Waals surface area contributed by atoms with E-state index in [0.717, 1.165) is 44.4 Å². The number of rotatable bonds is 6. The number of nitrogens with zero attached hydrogens (tertiary/aromatic N) is 1. The van der Waals surface area contributed by atoms with Crippen LogP contribution in [-0.4, -0.2) is 43.3 Å². The summed E-state index contributed by atoms with van der Waals surface area (Å²) >= 11 is 1.92. The van der Waals surface area contributed by atoms with Crippen LogP contribution in [0.1, 0.15) is 43.9 Å². The van der Waals surface area contributed by atoms with E-state index in [0.29, 0.717) is 11.5 Å². The predicted molar refractivity (Wildman–Crippen MR) is 105 cm³/mol. The number of thioether (sulfide) groups is 1. The molecule has 27 heavy (non-hydrogen) atoms. The Hall–Kier alpha value is -1.41. The van der Waals surface area contributed by atoms with Gasteiger partial charge >= 0.3 is 6.18 Å². The van der Waals surface area contributed by atoms with Crippen molar-refractivity contribution < 1.29 is 17.9 Å². The minimum Gasteiger partial charge on any atom is -0.381 e. The van der Waals surface area contributed by atoms with Crippen LogP contribution in [0, 0.1) is 0 Å². The minimum atomic E-state index is -4.34. The third-order valence-electron chi connectivity index (χ3n) is 4.72. The van der Waals surface area contributed by atoms with Crippen LogP contribution in [0.5, 0.6) is 0 Å². The maximum absolute atomic E-state index is 12.9. The Morgan fingerprint density at radius 1 is 1.33 bits per heavy atom. The van der Waals surface area contributed by atoms with E-state index in [-0.39, 0.29) is 10.8 Å². The lowest BCUT2D eigenvalue weighted by atomic mass is 9.99. The van der Waals surface area contributed by atoms with Crippen molar-refractivity contribution in [2.75, 3.05) is 32.6 Å². The summed E-state index contributed by atoms with van der Waals surface area (Å²) in [5.74, 6) is 1.61. The second-order valence-electron chi connectivity index (χ2n) is 6.64. The fourth-order valence-electron chi connectivity index (χ4n) is 3.13. The molecule has 4 nitrogen and oxygen atoms in total. The van der Waals surface area contributed by atoms with Crippen molar-refractivity contribution >= 4 is 17.7 Å². The lowest BCUT2D eigenvalue weighted by Gasteiger charge is -2.37. The lowest BCUT2D eigenvalue weighted by Crippen LogP contribution is -2.48. The number of nitrogens with one attached hydrogen (secondary N) is 2. The molecule has 0 radical (unpaired) electrons. The average Bonchev–Trinajstić information content (AvgIpc) is 2.65. The van der Waals surface area contributed by atoms with Gasteiger partial charge in [-0.15, -0.1) is 0 Å². The summed E-state index contributed by atoms with van der Waals surface area (Å²) in [7, 11) is 1.66. The molecule has 0 amide bonds. The maximum atomic E-state index is 12.9. The van der Waals surface area contributed by atoms with E-state index in [2.05, 4.69) is 22.5 Å². The van der Waals surface area contributed by atoms with Crippen LogP contribution < -0.4 is 10.6 Å². The molecule has 1 heterocycles. The molecular weight excluding hydrogens is 375 g/mol. The molecule has 2 rings (SSSR count). The van der Waals surface area contributed by atoms with E-state index in [4.69, 9.17) is 4.74 Å². The lowest BCUT2D eigenvalue weighted by molar-refractivity contribution is -0.137. The number of ether oxygens (including phenoxy) is 1. The first kappa shape index (κ1) is 21.9. The largest absolute Gasteiger partial charge is 0.416 e. The Labute approximate surface area is 163 Å².